The van der Waals surface area contributed by atoms with E-state index in [9.17, 15) is 0 Å². The minimum absolute atomic E-state index is 0.825. The largest absolute Gasteiger partial charge is 0.497 e. The highest BCUT2D eigenvalue weighted by Crippen LogP contribution is 2.35. The molecule has 0 aliphatic carbocycles. The predicted octanol–water partition coefficient (Wildman–Crippen LogP) is 7.58. The molecule has 0 saturated heterocycles. The topological polar surface area (TPSA) is 21.7 Å². The summed E-state index contributed by atoms with van der Waals surface area (Å²) in [5.41, 5.74) is 8.47. The summed E-state index contributed by atoms with van der Waals surface area (Å²) >= 11 is 0. The molecule has 0 unspecified atom stereocenters. The molecule has 0 saturated carbocycles. The molecular weight excluding hydrogens is 406 g/mol. The molecule has 4 aromatic rings. The van der Waals surface area contributed by atoms with Crippen LogP contribution in [0.3, 0.4) is 0 Å². The molecule has 0 fully saturated rings. The molecule has 0 amide bonds. The van der Waals surface area contributed by atoms with Crippen LogP contribution in [0.2, 0.25) is 0 Å². The molecule has 0 aromatic heterocycles. The van der Waals surface area contributed by atoms with E-state index in [0.717, 1.165) is 41.4 Å². The maximum absolute atomic E-state index is 5.40. The first-order valence-corrected chi connectivity index (χ1v) is 11.3. The van der Waals surface area contributed by atoms with E-state index in [2.05, 4.69) is 104 Å². The zero-order valence-electron chi connectivity index (χ0n) is 19.8. The SMILES string of the molecule is COc1cc(CCc2ccc(N(c3ccc(C)cc3)c3ccc(C)cc3)cc2)cc(OC)c1. The number of aryl methyl sites for hydroxylation is 4. The monoisotopic (exact) mass is 437 g/mol. The Hall–Kier alpha value is -3.72. The van der Waals surface area contributed by atoms with E-state index >= 15 is 0 Å². The highest BCUT2D eigenvalue weighted by atomic mass is 16.5. The lowest BCUT2D eigenvalue weighted by atomic mass is 10.0. The Balaban J connectivity index is 1.56. The van der Waals surface area contributed by atoms with Crippen LogP contribution in [0, 0.1) is 13.8 Å². The summed E-state index contributed by atoms with van der Waals surface area (Å²) in [6, 6.07) is 32.3. The number of hydrogen-bond donors (Lipinski definition) is 0. The first-order chi connectivity index (χ1) is 16.1. The lowest BCUT2D eigenvalue weighted by molar-refractivity contribution is 0.393. The molecule has 4 aromatic carbocycles. The molecule has 0 bridgehead atoms. The van der Waals surface area contributed by atoms with Gasteiger partial charge in [-0.05, 0) is 86.3 Å². The van der Waals surface area contributed by atoms with Crippen molar-refractivity contribution in [1.82, 2.24) is 0 Å². The molecule has 3 nitrogen and oxygen atoms in total. The number of rotatable bonds is 8. The zero-order valence-corrected chi connectivity index (χ0v) is 19.8. The molecule has 3 heteroatoms. The minimum Gasteiger partial charge on any atom is -0.497 e. The van der Waals surface area contributed by atoms with Crippen molar-refractivity contribution in [3.8, 4) is 11.5 Å². The second-order valence-electron chi connectivity index (χ2n) is 8.39. The van der Waals surface area contributed by atoms with Crippen molar-refractivity contribution < 1.29 is 9.47 Å². The Morgan fingerprint density at radius 2 is 0.909 bits per heavy atom. The fourth-order valence-corrected chi connectivity index (χ4v) is 3.95. The quantitative estimate of drug-likeness (QED) is 0.284. The van der Waals surface area contributed by atoms with Gasteiger partial charge in [-0.1, -0.05) is 47.5 Å². The number of anilines is 3. The van der Waals surface area contributed by atoms with E-state index in [1.165, 1.54) is 22.3 Å². The van der Waals surface area contributed by atoms with Crippen molar-refractivity contribution in [3.63, 3.8) is 0 Å². The van der Waals surface area contributed by atoms with Gasteiger partial charge in [0.15, 0.2) is 0 Å². The third kappa shape index (κ3) is 5.56. The molecule has 33 heavy (non-hydrogen) atoms. The highest BCUT2D eigenvalue weighted by molar-refractivity contribution is 5.76. The number of benzene rings is 4. The highest BCUT2D eigenvalue weighted by Gasteiger charge is 2.12. The van der Waals surface area contributed by atoms with Gasteiger partial charge in [0.2, 0.25) is 0 Å². The standard InChI is InChI=1S/C30H31NO2/c1-22-5-13-26(14-6-22)31(27-15-7-23(2)8-16-27)28-17-11-24(12-18-28)9-10-25-19-29(32-3)21-30(20-25)33-4/h5-8,11-21H,9-10H2,1-4H3. The van der Waals surface area contributed by atoms with Crippen LogP contribution in [0.25, 0.3) is 0 Å². The first kappa shape index (κ1) is 22.5. The van der Waals surface area contributed by atoms with Crippen molar-refractivity contribution >= 4 is 17.1 Å². The van der Waals surface area contributed by atoms with E-state index in [1.807, 2.05) is 6.07 Å². The molecular formula is C30H31NO2. The molecule has 0 N–H and O–H groups in total. The molecule has 0 heterocycles. The minimum atomic E-state index is 0.825. The van der Waals surface area contributed by atoms with E-state index in [-0.39, 0.29) is 0 Å². The second-order valence-corrected chi connectivity index (χ2v) is 8.39. The molecule has 0 spiro atoms. The lowest BCUT2D eigenvalue weighted by Crippen LogP contribution is -2.10. The Morgan fingerprint density at radius 1 is 0.515 bits per heavy atom. The third-order valence-corrected chi connectivity index (χ3v) is 5.89. The predicted molar refractivity (Wildman–Crippen MR) is 138 cm³/mol. The maximum atomic E-state index is 5.40. The average molecular weight is 438 g/mol. The van der Waals surface area contributed by atoms with Crippen molar-refractivity contribution in [3.05, 3.63) is 113 Å². The van der Waals surface area contributed by atoms with Crippen LogP contribution < -0.4 is 14.4 Å². The van der Waals surface area contributed by atoms with Crippen molar-refractivity contribution in [2.45, 2.75) is 26.7 Å². The Bertz CT molecular complexity index is 1110. The number of methoxy groups -OCH3 is 2. The maximum Gasteiger partial charge on any atom is 0.122 e. The number of ether oxygens (including phenoxy) is 2. The van der Waals surface area contributed by atoms with Gasteiger partial charge in [-0.25, -0.2) is 0 Å². The summed E-state index contributed by atoms with van der Waals surface area (Å²) in [6.07, 6.45) is 1.87. The summed E-state index contributed by atoms with van der Waals surface area (Å²) in [5.74, 6) is 1.65. The Kier molecular flexibility index (Phi) is 6.99. The second kappa shape index (κ2) is 10.3. The van der Waals surface area contributed by atoms with Crippen LogP contribution in [-0.4, -0.2) is 14.2 Å². The lowest BCUT2D eigenvalue weighted by Gasteiger charge is -2.26. The van der Waals surface area contributed by atoms with Crippen molar-refractivity contribution in [2.24, 2.45) is 0 Å². The van der Waals surface area contributed by atoms with Crippen LogP contribution in [0.5, 0.6) is 11.5 Å². The van der Waals surface area contributed by atoms with Gasteiger partial charge in [0, 0.05) is 23.1 Å². The summed E-state index contributed by atoms with van der Waals surface area (Å²) < 4.78 is 10.8. The van der Waals surface area contributed by atoms with E-state index in [4.69, 9.17) is 9.47 Å². The smallest absolute Gasteiger partial charge is 0.122 e. The van der Waals surface area contributed by atoms with Crippen molar-refractivity contribution in [2.75, 3.05) is 19.1 Å². The first-order valence-electron chi connectivity index (χ1n) is 11.3. The summed E-state index contributed by atoms with van der Waals surface area (Å²) in [7, 11) is 3.37. The molecule has 0 radical (unpaired) electrons. The summed E-state index contributed by atoms with van der Waals surface area (Å²) in [4.78, 5) is 2.30. The van der Waals surface area contributed by atoms with E-state index in [0.29, 0.717) is 0 Å². The molecule has 0 aliphatic heterocycles. The normalized spacial score (nSPS) is 10.7. The van der Waals surface area contributed by atoms with Gasteiger partial charge < -0.3 is 14.4 Å². The van der Waals surface area contributed by atoms with Gasteiger partial charge in [-0.3, -0.25) is 0 Å². The molecule has 0 aliphatic rings. The van der Waals surface area contributed by atoms with Crippen LogP contribution >= 0.6 is 0 Å². The Labute approximate surface area is 197 Å². The van der Waals surface area contributed by atoms with E-state index < -0.39 is 0 Å². The molecule has 4 rings (SSSR count). The van der Waals surface area contributed by atoms with Gasteiger partial charge >= 0.3 is 0 Å². The van der Waals surface area contributed by atoms with Gasteiger partial charge in [-0.2, -0.15) is 0 Å². The van der Waals surface area contributed by atoms with Crippen LogP contribution in [0.4, 0.5) is 17.1 Å². The Morgan fingerprint density at radius 3 is 1.33 bits per heavy atom. The molecule has 168 valence electrons. The van der Waals surface area contributed by atoms with Gasteiger partial charge in [0.05, 0.1) is 14.2 Å². The summed E-state index contributed by atoms with van der Waals surface area (Å²) in [6.45, 7) is 4.24. The average Bonchev–Trinajstić information content (AvgIpc) is 2.85. The fourth-order valence-electron chi connectivity index (χ4n) is 3.95. The van der Waals surface area contributed by atoms with Crippen LogP contribution in [-0.2, 0) is 12.8 Å². The van der Waals surface area contributed by atoms with E-state index in [1.54, 1.807) is 14.2 Å². The van der Waals surface area contributed by atoms with Gasteiger partial charge in [-0.15, -0.1) is 0 Å². The van der Waals surface area contributed by atoms with Gasteiger partial charge in [0.25, 0.3) is 0 Å². The molecule has 0 atom stereocenters. The number of hydrogen-bond acceptors (Lipinski definition) is 3. The third-order valence-electron chi connectivity index (χ3n) is 5.89. The van der Waals surface area contributed by atoms with Crippen molar-refractivity contribution in [1.29, 1.82) is 0 Å². The number of nitrogens with zero attached hydrogens (tertiary/aromatic N) is 1. The van der Waals surface area contributed by atoms with Crippen LogP contribution in [0.1, 0.15) is 22.3 Å². The fraction of sp³-hybridized carbons (Fsp3) is 0.200. The zero-order chi connectivity index (χ0) is 23.2. The summed E-state index contributed by atoms with van der Waals surface area (Å²) in [5, 5.41) is 0. The van der Waals surface area contributed by atoms with Crippen LogP contribution in [0.15, 0.2) is 91.0 Å². The van der Waals surface area contributed by atoms with Gasteiger partial charge in [0.1, 0.15) is 11.5 Å².